The summed E-state index contributed by atoms with van der Waals surface area (Å²) in [6.07, 6.45) is 0.731. The second-order valence-electron chi connectivity index (χ2n) is 6.37. The van der Waals surface area contributed by atoms with Crippen LogP contribution in [-0.2, 0) is 6.54 Å². The normalized spacial score (nSPS) is 14.5. The summed E-state index contributed by atoms with van der Waals surface area (Å²) in [5.41, 5.74) is 2.09. The highest BCUT2D eigenvalue weighted by atomic mass is 16.5. The van der Waals surface area contributed by atoms with Gasteiger partial charge in [0.05, 0.1) is 12.7 Å². The predicted molar refractivity (Wildman–Crippen MR) is 88.6 cm³/mol. The molecular weight excluding hydrogens is 262 g/mol. The minimum atomic E-state index is -0.446. The van der Waals surface area contributed by atoms with Crippen molar-refractivity contribution in [1.29, 1.82) is 0 Å². The maximum atomic E-state index is 9.78. The molecule has 0 aromatic heterocycles. The molecule has 0 fully saturated rings. The lowest BCUT2D eigenvalue weighted by molar-refractivity contribution is 0.197. The van der Waals surface area contributed by atoms with Crippen LogP contribution in [-0.4, -0.2) is 29.7 Å². The van der Waals surface area contributed by atoms with E-state index in [1.165, 1.54) is 6.42 Å². The summed E-state index contributed by atoms with van der Waals surface area (Å²) in [6, 6.07) is 6.50. The monoisotopic (exact) mass is 293 g/mol. The maximum Gasteiger partial charge on any atom is 0.123 e. The summed E-state index contributed by atoms with van der Waals surface area (Å²) in [6.45, 7) is 12.1. The molecule has 3 heteroatoms. The molecule has 1 rings (SSSR count). The topological polar surface area (TPSA) is 32.7 Å². The fourth-order valence-electron chi connectivity index (χ4n) is 2.57. The first-order chi connectivity index (χ1) is 9.85. The van der Waals surface area contributed by atoms with Gasteiger partial charge in [-0.1, -0.05) is 19.9 Å². The van der Waals surface area contributed by atoms with E-state index in [0.29, 0.717) is 18.6 Å². The van der Waals surface area contributed by atoms with Gasteiger partial charge in [0.25, 0.3) is 0 Å². The molecule has 1 aromatic carbocycles. The van der Waals surface area contributed by atoms with E-state index in [-0.39, 0.29) is 0 Å². The molecule has 2 atom stereocenters. The van der Waals surface area contributed by atoms with E-state index < -0.39 is 6.10 Å². The number of aliphatic hydroxyl groups is 1. The third-order valence-electron chi connectivity index (χ3n) is 3.85. The second-order valence-corrected chi connectivity index (χ2v) is 6.37. The molecule has 21 heavy (non-hydrogen) atoms. The molecule has 0 spiro atoms. The van der Waals surface area contributed by atoms with Crippen molar-refractivity contribution in [3.63, 3.8) is 0 Å². The fourth-order valence-corrected chi connectivity index (χ4v) is 2.57. The van der Waals surface area contributed by atoms with Gasteiger partial charge in [-0.05, 0) is 57.9 Å². The zero-order chi connectivity index (χ0) is 16.0. The van der Waals surface area contributed by atoms with Gasteiger partial charge in [0.2, 0.25) is 0 Å². The highest BCUT2D eigenvalue weighted by molar-refractivity contribution is 5.38. The molecule has 3 nitrogen and oxygen atoms in total. The molecule has 0 saturated carbocycles. The van der Waals surface area contributed by atoms with E-state index in [0.717, 1.165) is 23.4 Å². The molecule has 120 valence electrons. The minimum absolute atomic E-state index is 0.446. The molecule has 1 N–H and O–H groups in total. The van der Waals surface area contributed by atoms with Gasteiger partial charge in [0, 0.05) is 18.2 Å². The van der Waals surface area contributed by atoms with Gasteiger partial charge in [-0.3, -0.25) is 4.90 Å². The molecule has 2 unspecified atom stereocenters. The van der Waals surface area contributed by atoms with Crippen LogP contribution >= 0.6 is 0 Å². The average molecular weight is 293 g/mol. The third-order valence-corrected chi connectivity index (χ3v) is 3.85. The molecule has 0 aliphatic heterocycles. The number of nitrogens with zero attached hydrogens (tertiary/aromatic N) is 1. The largest absolute Gasteiger partial charge is 0.494 e. The van der Waals surface area contributed by atoms with Crippen LogP contribution in [0.15, 0.2) is 18.2 Å². The van der Waals surface area contributed by atoms with Gasteiger partial charge < -0.3 is 9.84 Å². The molecule has 0 amide bonds. The van der Waals surface area contributed by atoms with Crippen molar-refractivity contribution >= 4 is 0 Å². The van der Waals surface area contributed by atoms with E-state index in [1.807, 2.05) is 19.1 Å². The van der Waals surface area contributed by atoms with Gasteiger partial charge in [-0.15, -0.1) is 0 Å². The Hall–Kier alpha value is -1.06. The Morgan fingerprint density at radius 3 is 2.38 bits per heavy atom. The van der Waals surface area contributed by atoms with Crippen molar-refractivity contribution in [3.8, 4) is 5.75 Å². The summed E-state index contributed by atoms with van der Waals surface area (Å²) >= 11 is 0. The van der Waals surface area contributed by atoms with Gasteiger partial charge in [-0.25, -0.2) is 0 Å². The lowest BCUT2D eigenvalue weighted by atomic mass is 10.0. The highest BCUT2D eigenvalue weighted by Gasteiger charge is 2.15. The van der Waals surface area contributed by atoms with Crippen molar-refractivity contribution in [3.05, 3.63) is 29.3 Å². The Balaban J connectivity index is 2.90. The van der Waals surface area contributed by atoms with Crippen molar-refractivity contribution in [2.45, 2.75) is 59.7 Å². The minimum Gasteiger partial charge on any atom is -0.494 e. The van der Waals surface area contributed by atoms with Gasteiger partial charge in [-0.2, -0.15) is 0 Å². The summed E-state index contributed by atoms with van der Waals surface area (Å²) in [5.74, 6) is 1.61. The summed E-state index contributed by atoms with van der Waals surface area (Å²) < 4.78 is 5.73. The lowest BCUT2D eigenvalue weighted by Crippen LogP contribution is -2.30. The SMILES string of the molecule is CCOc1ccc(C(C)O)cc1CN(C)C(C)CC(C)C. The first kappa shape index (κ1) is 18.0. The zero-order valence-corrected chi connectivity index (χ0v) is 14.4. The Labute approximate surface area is 129 Å². The second kappa shape index (κ2) is 8.40. The molecule has 0 saturated heterocycles. The van der Waals surface area contributed by atoms with Crippen LogP contribution in [0.3, 0.4) is 0 Å². The smallest absolute Gasteiger partial charge is 0.123 e. The molecule has 0 aliphatic carbocycles. The van der Waals surface area contributed by atoms with Crippen molar-refractivity contribution < 1.29 is 9.84 Å². The third kappa shape index (κ3) is 5.68. The molecule has 0 bridgehead atoms. The fraction of sp³-hybridized carbons (Fsp3) is 0.667. The number of hydrogen-bond donors (Lipinski definition) is 1. The lowest BCUT2D eigenvalue weighted by Gasteiger charge is -2.27. The van der Waals surface area contributed by atoms with Gasteiger partial charge in [0.15, 0.2) is 0 Å². The van der Waals surface area contributed by atoms with Crippen LogP contribution in [0, 0.1) is 5.92 Å². The number of hydrogen-bond acceptors (Lipinski definition) is 3. The number of aliphatic hydroxyl groups excluding tert-OH is 1. The van der Waals surface area contributed by atoms with Crippen LogP contribution in [0.4, 0.5) is 0 Å². The molecular formula is C18H31NO2. The maximum absolute atomic E-state index is 9.78. The van der Waals surface area contributed by atoms with Crippen LogP contribution in [0.5, 0.6) is 5.75 Å². The van der Waals surface area contributed by atoms with E-state index in [9.17, 15) is 5.11 Å². The first-order valence-corrected chi connectivity index (χ1v) is 7.99. The Kier molecular flexibility index (Phi) is 7.20. The van der Waals surface area contributed by atoms with Gasteiger partial charge >= 0.3 is 0 Å². The van der Waals surface area contributed by atoms with E-state index >= 15 is 0 Å². The van der Waals surface area contributed by atoms with E-state index in [4.69, 9.17) is 4.74 Å². The summed E-state index contributed by atoms with van der Waals surface area (Å²) in [4.78, 5) is 2.35. The summed E-state index contributed by atoms with van der Waals surface area (Å²) in [7, 11) is 2.15. The number of rotatable bonds is 8. The Morgan fingerprint density at radius 1 is 1.19 bits per heavy atom. The van der Waals surface area contributed by atoms with Crippen LogP contribution in [0.25, 0.3) is 0 Å². The van der Waals surface area contributed by atoms with E-state index in [2.05, 4.69) is 38.8 Å². The zero-order valence-electron chi connectivity index (χ0n) is 14.4. The van der Waals surface area contributed by atoms with Crippen molar-refractivity contribution in [1.82, 2.24) is 4.90 Å². The highest BCUT2D eigenvalue weighted by Crippen LogP contribution is 2.26. The van der Waals surface area contributed by atoms with Crippen molar-refractivity contribution in [2.24, 2.45) is 5.92 Å². The van der Waals surface area contributed by atoms with Crippen LogP contribution in [0.1, 0.15) is 58.3 Å². The first-order valence-electron chi connectivity index (χ1n) is 7.99. The standard InChI is InChI=1S/C18H31NO2/c1-7-21-18-9-8-16(15(5)20)11-17(18)12-19(6)14(4)10-13(2)3/h8-9,11,13-15,20H,7,10,12H2,1-6H3. The predicted octanol–water partition coefficient (Wildman–Crippen LogP) is 4.01. The Bertz CT molecular complexity index is 429. The van der Waals surface area contributed by atoms with E-state index in [1.54, 1.807) is 6.92 Å². The van der Waals surface area contributed by atoms with Crippen LogP contribution in [0.2, 0.25) is 0 Å². The van der Waals surface area contributed by atoms with Crippen molar-refractivity contribution in [2.75, 3.05) is 13.7 Å². The quantitative estimate of drug-likeness (QED) is 0.786. The molecule has 0 radical (unpaired) electrons. The van der Waals surface area contributed by atoms with Crippen LogP contribution < -0.4 is 4.74 Å². The molecule has 0 heterocycles. The number of ether oxygens (including phenoxy) is 1. The molecule has 0 aliphatic rings. The Morgan fingerprint density at radius 2 is 1.86 bits per heavy atom. The van der Waals surface area contributed by atoms with Gasteiger partial charge in [0.1, 0.15) is 5.75 Å². The number of benzene rings is 1. The average Bonchev–Trinajstić information content (AvgIpc) is 2.39. The molecule has 1 aromatic rings. The summed E-state index contributed by atoms with van der Waals surface area (Å²) in [5, 5.41) is 9.78.